The smallest absolute Gasteiger partial charge is 0.239 e. The number of benzene rings is 1. The molecule has 8 nitrogen and oxygen atoms in total. The van der Waals surface area contributed by atoms with Gasteiger partial charge in [0.15, 0.2) is 0 Å². The minimum absolute atomic E-state index is 0.0721. The van der Waals surface area contributed by atoms with Gasteiger partial charge in [-0.1, -0.05) is 19.1 Å². The predicted molar refractivity (Wildman–Crippen MR) is 120 cm³/mol. The molecule has 1 N–H and O–H groups in total. The SMILES string of the molecule is CCCNC(=O)CN(C)C(=O)CN1CCCN(C(=O)CCc2ccc(OC)cc2)CC1. The van der Waals surface area contributed by atoms with Crippen LogP contribution in [0.15, 0.2) is 24.3 Å². The molecule has 2 rings (SSSR count). The zero-order chi connectivity index (χ0) is 22.6. The van der Waals surface area contributed by atoms with Gasteiger partial charge in [-0.2, -0.15) is 0 Å². The van der Waals surface area contributed by atoms with Crippen molar-refractivity contribution in [3.05, 3.63) is 29.8 Å². The highest BCUT2D eigenvalue weighted by atomic mass is 16.5. The van der Waals surface area contributed by atoms with E-state index in [0.29, 0.717) is 39.0 Å². The van der Waals surface area contributed by atoms with Crippen molar-refractivity contribution < 1.29 is 19.1 Å². The van der Waals surface area contributed by atoms with Gasteiger partial charge in [-0.25, -0.2) is 0 Å². The predicted octanol–water partition coefficient (Wildman–Crippen LogP) is 1.15. The molecule has 1 heterocycles. The van der Waals surface area contributed by atoms with Gasteiger partial charge < -0.3 is 19.9 Å². The van der Waals surface area contributed by atoms with Crippen molar-refractivity contribution in [2.75, 3.05) is 60.0 Å². The van der Waals surface area contributed by atoms with Gasteiger partial charge in [0.05, 0.1) is 20.2 Å². The number of nitrogens with one attached hydrogen (secondary N) is 1. The van der Waals surface area contributed by atoms with E-state index in [0.717, 1.165) is 30.7 Å². The van der Waals surface area contributed by atoms with Crippen molar-refractivity contribution in [2.45, 2.75) is 32.6 Å². The lowest BCUT2D eigenvalue weighted by molar-refractivity contribution is -0.135. The standard InChI is InChI=1S/C23H36N4O4/c1-4-12-24-21(28)17-25(2)23(30)18-26-13-5-14-27(16-15-26)22(29)11-8-19-6-9-20(31-3)10-7-19/h6-7,9-10H,4-5,8,11-18H2,1-3H3,(H,24,28). The summed E-state index contributed by atoms with van der Waals surface area (Å²) < 4.78 is 5.16. The largest absolute Gasteiger partial charge is 0.497 e. The molecule has 1 aromatic rings. The van der Waals surface area contributed by atoms with Crippen LogP contribution in [0.2, 0.25) is 0 Å². The molecule has 0 atom stereocenters. The number of likely N-dealkylation sites (N-methyl/N-ethyl adjacent to an activating group) is 1. The minimum atomic E-state index is -0.137. The first-order chi connectivity index (χ1) is 14.9. The minimum Gasteiger partial charge on any atom is -0.497 e. The summed E-state index contributed by atoms with van der Waals surface area (Å²) >= 11 is 0. The van der Waals surface area contributed by atoms with E-state index in [-0.39, 0.29) is 30.8 Å². The van der Waals surface area contributed by atoms with Crippen LogP contribution in [0.25, 0.3) is 0 Å². The molecule has 0 radical (unpaired) electrons. The van der Waals surface area contributed by atoms with Crippen LogP contribution in [0, 0.1) is 0 Å². The highest BCUT2D eigenvalue weighted by Crippen LogP contribution is 2.14. The molecule has 172 valence electrons. The number of aryl methyl sites for hydroxylation is 1. The number of ether oxygens (including phenoxy) is 1. The quantitative estimate of drug-likeness (QED) is 0.600. The Morgan fingerprint density at radius 1 is 1.10 bits per heavy atom. The summed E-state index contributed by atoms with van der Waals surface area (Å²) in [5, 5.41) is 2.78. The van der Waals surface area contributed by atoms with Crippen molar-refractivity contribution >= 4 is 17.7 Å². The third-order valence-electron chi connectivity index (χ3n) is 5.47. The van der Waals surface area contributed by atoms with E-state index in [1.165, 1.54) is 4.90 Å². The van der Waals surface area contributed by atoms with Gasteiger partial charge in [-0.05, 0) is 37.0 Å². The highest BCUT2D eigenvalue weighted by molar-refractivity contribution is 5.85. The Kier molecular flexibility index (Phi) is 10.3. The summed E-state index contributed by atoms with van der Waals surface area (Å²) in [6.45, 7) is 5.71. The molecule has 0 spiro atoms. The van der Waals surface area contributed by atoms with Crippen molar-refractivity contribution in [3.63, 3.8) is 0 Å². The van der Waals surface area contributed by atoms with Crippen LogP contribution in [0.3, 0.4) is 0 Å². The lowest BCUT2D eigenvalue weighted by atomic mass is 10.1. The molecule has 8 heteroatoms. The third-order valence-corrected chi connectivity index (χ3v) is 5.47. The average molecular weight is 433 g/mol. The van der Waals surface area contributed by atoms with E-state index < -0.39 is 0 Å². The summed E-state index contributed by atoms with van der Waals surface area (Å²) in [6, 6.07) is 7.79. The first-order valence-electron chi connectivity index (χ1n) is 11.1. The Balaban J connectivity index is 1.74. The maximum atomic E-state index is 12.7. The van der Waals surface area contributed by atoms with Gasteiger partial charge in [0.1, 0.15) is 5.75 Å². The second kappa shape index (κ2) is 12.9. The van der Waals surface area contributed by atoms with E-state index >= 15 is 0 Å². The first kappa shape index (κ1) is 24.7. The molecule has 1 fully saturated rings. The van der Waals surface area contributed by atoms with E-state index in [1.807, 2.05) is 36.1 Å². The Hall–Kier alpha value is -2.61. The molecule has 3 amide bonds. The van der Waals surface area contributed by atoms with E-state index in [9.17, 15) is 14.4 Å². The van der Waals surface area contributed by atoms with Gasteiger partial charge >= 0.3 is 0 Å². The number of nitrogens with zero attached hydrogens (tertiary/aromatic N) is 3. The molecule has 0 saturated carbocycles. The number of hydrogen-bond acceptors (Lipinski definition) is 5. The number of rotatable bonds is 10. The molecule has 1 aliphatic heterocycles. The highest BCUT2D eigenvalue weighted by Gasteiger charge is 2.22. The van der Waals surface area contributed by atoms with Gasteiger partial charge in [-0.3, -0.25) is 19.3 Å². The van der Waals surface area contributed by atoms with Crippen LogP contribution in [0.4, 0.5) is 0 Å². The Labute approximate surface area is 185 Å². The molecule has 0 unspecified atom stereocenters. The lowest BCUT2D eigenvalue weighted by Gasteiger charge is -2.24. The summed E-state index contributed by atoms with van der Waals surface area (Å²) in [7, 11) is 3.29. The number of carbonyl (C=O) groups is 3. The Morgan fingerprint density at radius 2 is 1.84 bits per heavy atom. The second-order valence-electron chi connectivity index (χ2n) is 7.96. The first-order valence-corrected chi connectivity index (χ1v) is 11.1. The summed E-state index contributed by atoms with van der Waals surface area (Å²) in [4.78, 5) is 42.4. The van der Waals surface area contributed by atoms with Crippen molar-refractivity contribution in [1.29, 1.82) is 0 Å². The monoisotopic (exact) mass is 432 g/mol. The summed E-state index contributed by atoms with van der Waals surface area (Å²) in [5.41, 5.74) is 1.11. The van der Waals surface area contributed by atoms with Crippen molar-refractivity contribution in [1.82, 2.24) is 20.0 Å². The molecule has 1 aliphatic rings. The molecular weight excluding hydrogens is 396 g/mol. The van der Waals surface area contributed by atoms with Crippen molar-refractivity contribution in [3.8, 4) is 5.75 Å². The average Bonchev–Trinajstić information content (AvgIpc) is 3.02. The number of amides is 3. The molecule has 0 aliphatic carbocycles. The zero-order valence-electron chi connectivity index (χ0n) is 19.1. The van der Waals surface area contributed by atoms with Crippen LogP contribution in [-0.2, 0) is 20.8 Å². The van der Waals surface area contributed by atoms with Crippen LogP contribution < -0.4 is 10.1 Å². The van der Waals surface area contributed by atoms with E-state index in [1.54, 1.807) is 14.2 Å². The topological polar surface area (TPSA) is 82.2 Å². The Bertz CT molecular complexity index is 723. The molecule has 0 bridgehead atoms. The molecule has 31 heavy (non-hydrogen) atoms. The number of hydrogen-bond donors (Lipinski definition) is 1. The van der Waals surface area contributed by atoms with Crippen LogP contribution in [-0.4, -0.2) is 92.4 Å². The fourth-order valence-electron chi connectivity index (χ4n) is 3.52. The molecule has 0 aromatic heterocycles. The number of methoxy groups -OCH3 is 1. The fourth-order valence-corrected chi connectivity index (χ4v) is 3.52. The fraction of sp³-hybridized carbons (Fsp3) is 0.609. The zero-order valence-corrected chi connectivity index (χ0v) is 19.1. The van der Waals surface area contributed by atoms with Gasteiger partial charge in [0, 0.05) is 46.2 Å². The third kappa shape index (κ3) is 8.57. The van der Waals surface area contributed by atoms with Gasteiger partial charge in [0.25, 0.3) is 0 Å². The maximum absolute atomic E-state index is 12.7. The van der Waals surface area contributed by atoms with Crippen LogP contribution in [0.1, 0.15) is 31.7 Å². The van der Waals surface area contributed by atoms with Crippen molar-refractivity contribution in [2.24, 2.45) is 0 Å². The normalized spacial score (nSPS) is 14.6. The van der Waals surface area contributed by atoms with E-state index in [4.69, 9.17) is 4.74 Å². The maximum Gasteiger partial charge on any atom is 0.239 e. The van der Waals surface area contributed by atoms with Gasteiger partial charge in [0.2, 0.25) is 17.7 Å². The van der Waals surface area contributed by atoms with Crippen LogP contribution in [0.5, 0.6) is 5.75 Å². The summed E-state index contributed by atoms with van der Waals surface area (Å²) in [6.07, 6.45) is 2.88. The lowest BCUT2D eigenvalue weighted by Crippen LogP contribution is -2.44. The summed E-state index contributed by atoms with van der Waals surface area (Å²) in [5.74, 6) is 0.742. The molecule has 1 saturated heterocycles. The Morgan fingerprint density at radius 3 is 2.52 bits per heavy atom. The van der Waals surface area contributed by atoms with Gasteiger partial charge in [-0.15, -0.1) is 0 Å². The molecule has 1 aromatic carbocycles. The second-order valence-corrected chi connectivity index (χ2v) is 7.96. The van der Waals surface area contributed by atoms with Crippen LogP contribution >= 0.6 is 0 Å². The molecular formula is C23H36N4O4. The van der Waals surface area contributed by atoms with E-state index in [2.05, 4.69) is 10.2 Å². The number of carbonyl (C=O) groups excluding carboxylic acids is 3.